The highest BCUT2D eigenvalue weighted by Crippen LogP contribution is 2.50. The molecule has 1 atom stereocenters. The van der Waals surface area contributed by atoms with E-state index in [0.717, 1.165) is 4.47 Å². The van der Waals surface area contributed by atoms with Crippen molar-refractivity contribution in [3.63, 3.8) is 0 Å². The Balaban J connectivity index is 2.31. The van der Waals surface area contributed by atoms with Crippen molar-refractivity contribution in [2.75, 3.05) is 0 Å². The first kappa shape index (κ1) is 9.22. The smallest absolute Gasteiger partial charge is 0.0175 e. The summed E-state index contributed by atoms with van der Waals surface area (Å²) in [6.45, 7) is 2.11. The van der Waals surface area contributed by atoms with Crippen molar-refractivity contribution in [2.45, 2.75) is 31.2 Å². The first-order valence-corrected chi connectivity index (χ1v) is 5.46. The van der Waals surface area contributed by atoms with Gasteiger partial charge in [-0.15, -0.1) is 0 Å². The molecule has 2 N–H and O–H groups in total. The maximum atomic E-state index is 5.99. The zero-order chi connectivity index (χ0) is 9.47. The second-order valence-corrected chi connectivity index (χ2v) is 4.87. The number of hydrogen-bond donors (Lipinski definition) is 1. The molecule has 1 aromatic carbocycles. The van der Waals surface area contributed by atoms with E-state index in [1.165, 1.54) is 18.4 Å². The molecule has 0 amide bonds. The Bertz CT molecular complexity index is 298. The van der Waals surface area contributed by atoms with E-state index < -0.39 is 0 Å². The van der Waals surface area contributed by atoms with Gasteiger partial charge in [-0.05, 0) is 37.5 Å². The Morgan fingerprint density at radius 1 is 1.31 bits per heavy atom. The van der Waals surface area contributed by atoms with Gasteiger partial charge < -0.3 is 5.73 Å². The van der Waals surface area contributed by atoms with E-state index in [9.17, 15) is 0 Å². The van der Waals surface area contributed by atoms with E-state index in [1.807, 2.05) is 0 Å². The lowest BCUT2D eigenvalue weighted by Crippen LogP contribution is -2.31. The molecule has 1 aromatic rings. The van der Waals surface area contributed by atoms with Crippen LogP contribution in [0.1, 0.15) is 25.3 Å². The average Bonchev–Trinajstić information content (AvgIpc) is 2.86. The molecule has 1 aliphatic rings. The second kappa shape index (κ2) is 3.10. The van der Waals surface area contributed by atoms with Crippen molar-refractivity contribution in [1.29, 1.82) is 0 Å². The minimum Gasteiger partial charge on any atom is -0.327 e. The van der Waals surface area contributed by atoms with Gasteiger partial charge in [0.25, 0.3) is 0 Å². The number of hydrogen-bond acceptors (Lipinski definition) is 1. The Hall–Kier alpha value is -0.340. The minimum atomic E-state index is 0.272. The zero-order valence-corrected chi connectivity index (χ0v) is 9.34. The van der Waals surface area contributed by atoms with Gasteiger partial charge in [0.05, 0.1) is 0 Å². The van der Waals surface area contributed by atoms with Crippen LogP contribution in [0.4, 0.5) is 0 Å². The summed E-state index contributed by atoms with van der Waals surface area (Å²) in [5.41, 5.74) is 7.68. The fraction of sp³-hybridized carbons (Fsp3) is 0.455. The predicted octanol–water partition coefficient (Wildman–Crippen LogP) is 2.83. The Kier molecular flexibility index (Phi) is 2.20. The van der Waals surface area contributed by atoms with Crippen LogP contribution in [-0.4, -0.2) is 6.04 Å². The van der Waals surface area contributed by atoms with Crippen molar-refractivity contribution in [2.24, 2.45) is 5.73 Å². The average molecular weight is 240 g/mol. The number of rotatable bonds is 2. The molecule has 0 spiro atoms. The number of halogens is 1. The van der Waals surface area contributed by atoms with Crippen LogP contribution in [0.3, 0.4) is 0 Å². The van der Waals surface area contributed by atoms with Crippen LogP contribution in [0.2, 0.25) is 0 Å². The van der Waals surface area contributed by atoms with Crippen LogP contribution >= 0.6 is 15.9 Å². The molecule has 1 unspecified atom stereocenters. The third kappa shape index (κ3) is 1.53. The zero-order valence-electron chi connectivity index (χ0n) is 7.76. The van der Waals surface area contributed by atoms with Crippen LogP contribution < -0.4 is 5.73 Å². The fourth-order valence-corrected chi connectivity index (χ4v) is 2.19. The SMILES string of the molecule is CC(N)C1(c2ccc(Br)cc2)CC1. The van der Waals surface area contributed by atoms with Gasteiger partial charge in [0.2, 0.25) is 0 Å². The summed E-state index contributed by atoms with van der Waals surface area (Å²) < 4.78 is 1.14. The molecular weight excluding hydrogens is 226 g/mol. The number of benzene rings is 1. The quantitative estimate of drug-likeness (QED) is 0.845. The van der Waals surface area contributed by atoms with E-state index in [-0.39, 0.29) is 6.04 Å². The topological polar surface area (TPSA) is 26.0 Å². The maximum absolute atomic E-state index is 5.99. The molecule has 13 heavy (non-hydrogen) atoms. The van der Waals surface area contributed by atoms with Crippen molar-refractivity contribution < 1.29 is 0 Å². The third-order valence-electron chi connectivity index (χ3n) is 3.08. The molecule has 1 nitrogen and oxygen atoms in total. The largest absolute Gasteiger partial charge is 0.327 e. The maximum Gasteiger partial charge on any atom is 0.0175 e. The minimum absolute atomic E-state index is 0.272. The molecule has 70 valence electrons. The summed E-state index contributed by atoms with van der Waals surface area (Å²) in [4.78, 5) is 0. The summed E-state index contributed by atoms with van der Waals surface area (Å²) in [5, 5.41) is 0. The molecule has 1 fully saturated rings. The third-order valence-corrected chi connectivity index (χ3v) is 3.61. The summed E-state index contributed by atoms with van der Waals surface area (Å²) >= 11 is 3.44. The predicted molar refractivity (Wildman–Crippen MR) is 58.7 cm³/mol. The van der Waals surface area contributed by atoms with Crippen LogP contribution in [0, 0.1) is 0 Å². The van der Waals surface area contributed by atoms with Gasteiger partial charge in [0.15, 0.2) is 0 Å². The van der Waals surface area contributed by atoms with Crippen LogP contribution in [0.25, 0.3) is 0 Å². The molecular formula is C11H14BrN. The summed E-state index contributed by atoms with van der Waals surface area (Å²) in [6, 6.07) is 8.82. The monoisotopic (exact) mass is 239 g/mol. The number of nitrogens with two attached hydrogens (primary N) is 1. The molecule has 0 bridgehead atoms. The normalized spacial score (nSPS) is 21.2. The molecule has 0 aromatic heterocycles. The van der Waals surface area contributed by atoms with E-state index in [1.54, 1.807) is 0 Å². The van der Waals surface area contributed by atoms with Crippen LogP contribution in [0.15, 0.2) is 28.7 Å². The highest BCUT2D eigenvalue weighted by molar-refractivity contribution is 9.10. The summed E-state index contributed by atoms with van der Waals surface area (Å²) in [5.74, 6) is 0. The van der Waals surface area contributed by atoms with Gasteiger partial charge in [0, 0.05) is 15.9 Å². The molecule has 1 aliphatic carbocycles. The molecule has 2 heteroatoms. The lowest BCUT2D eigenvalue weighted by atomic mass is 9.90. The van der Waals surface area contributed by atoms with Crippen LogP contribution in [-0.2, 0) is 5.41 Å². The second-order valence-electron chi connectivity index (χ2n) is 3.95. The Labute approximate surface area is 87.5 Å². The summed E-state index contributed by atoms with van der Waals surface area (Å²) in [7, 11) is 0. The van der Waals surface area contributed by atoms with Gasteiger partial charge in [0.1, 0.15) is 0 Å². The van der Waals surface area contributed by atoms with Crippen molar-refractivity contribution in [3.05, 3.63) is 34.3 Å². The van der Waals surface area contributed by atoms with Crippen molar-refractivity contribution in [1.82, 2.24) is 0 Å². The Morgan fingerprint density at radius 2 is 1.85 bits per heavy atom. The lowest BCUT2D eigenvalue weighted by molar-refractivity contribution is 0.556. The van der Waals surface area contributed by atoms with Gasteiger partial charge in [-0.1, -0.05) is 28.1 Å². The molecule has 0 radical (unpaired) electrons. The van der Waals surface area contributed by atoms with Crippen LogP contribution in [0.5, 0.6) is 0 Å². The van der Waals surface area contributed by atoms with E-state index in [4.69, 9.17) is 5.73 Å². The fourth-order valence-electron chi connectivity index (χ4n) is 1.92. The first-order chi connectivity index (χ1) is 6.15. The first-order valence-electron chi connectivity index (χ1n) is 4.67. The molecule has 1 saturated carbocycles. The molecule has 0 heterocycles. The molecule has 0 saturated heterocycles. The highest BCUT2D eigenvalue weighted by Gasteiger charge is 2.47. The Morgan fingerprint density at radius 3 is 2.23 bits per heavy atom. The van der Waals surface area contributed by atoms with Gasteiger partial charge in [-0.3, -0.25) is 0 Å². The van der Waals surface area contributed by atoms with E-state index in [0.29, 0.717) is 5.41 Å². The standard InChI is InChI=1S/C11H14BrN/c1-8(13)11(6-7-11)9-2-4-10(12)5-3-9/h2-5,8H,6-7,13H2,1H3. The van der Waals surface area contributed by atoms with E-state index >= 15 is 0 Å². The van der Waals surface area contributed by atoms with E-state index in [2.05, 4.69) is 47.1 Å². The molecule has 0 aliphatic heterocycles. The van der Waals surface area contributed by atoms with Gasteiger partial charge >= 0.3 is 0 Å². The van der Waals surface area contributed by atoms with Gasteiger partial charge in [-0.25, -0.2) is 0 Å². The van der Waals surface area contributed by atoms with Crippen molar-refractivity contribution in [3.8, 4) is 0 Å². The lowest BCUT2D eigenvalue weighted by Gasteiger charge is -2.19. The van der Waals surface area contributed by atoms with Gasteiger partial charge in [-0.2, -0.15) is 0 Å². The molecule has 2 rings (SSSR count). The summed E-state index contributed by atoms with van der Waals surface area (Å²) in [6.07, 6.45) is 2.48. The highest BCUT2D eigenvalue weighted by atomic mass is 79.9. The van der Waals surface area contributed by atoms with Crippen molar-refractivity contribution >= 4 is 15.9 Å².